The number of hydrogen-bond acceptors (Lipinski definition) is 5. The maximum absolute atomic E-state index is 11.8. The van der Waals surface area contributed by atoms with E-state index in [-0.39, 0.29) is 23.8 Å². The average molecular weight is 265 g/mol. The van der Waals surface area contributed by atoms with Crippen molar-refractivity contribution in [1.82, 2.24) is 4.90 Å². The lowest BCUT2D eigenvalue weighted by Gasteiger charge is -2.25. The van der Waals surface area contributed by atoms with Crippen LogP contribution in [0.2, 0.25) is 0 Å². The lowest BCUT2D eigenvalue weighted by Crippen LogP contribution is -2.41. The smallest absolute Gasteiger partial charge is 0.292 e. The number of carbonyl (C=O) groups is 1. The molecule has 1 N–H and O–H groups in total. The molecule has 1 aliphatic heterocycles. The summed E-state index contributed by atoms with van der Waals surface area (Å²) in [5.74, 6) is -0.254. The number of anilines is 1. The first kappa shape index (κ1) is 13.4. The van der Waals surface area contributed by atoms with Gasteiger partial charge in [0.25, 0.3) is 5.69 Å². The molecule has 7 heteroatoms. The summed E-state index contributed by atoms with van der Waals surface area (Å²) in [7, 11) is 0. The zero-order valence-corrected chi connectivity index (χ0v) is 10.4. The fourth-order valence-corrected chi connectivity index (χ4v) is 1.89. The highest BCUT2D eigenvalue weighted by Crippen LogP contribution is 2.22. The molecule has 19 heavy (non-hydrogen) atoms. The SMILES string of the molecule is O=C(CN1CCOCC1)Nc1ccccc1[N+](=O)[O-]. The molecule has 102 valence electrons. The van der Waals surface area contributed by atoms with Crippen LogP contribution in [0.3, 0.4) is 0 Å². The molecule has 1 aromatic rings. The first-order valence-corrected chi connectivity index (χ1v) is 6.00. The number of carbonyl (C=O) groups excluding carboxylic acids is 1. The van der Waals surface area contributed by atoms with Crippen molar-refractivity contribution in [3.63, 3.8) is 0 Å². The monoisotopic (exact) mass is 265 g/mol. The summed E-state index contributed by atoms with van der Waals surface area (Å²) < 4.78 is 5.19. The Bertz CT molecular complexity index is 472. The number of nitro benzene ring substituents is 1. The number of hydrogen-bond donors (Lipinski definition) is 1. The summed E-state index contributed by atoms with van der Waals surface area (Å²) in [5, 5.41) is 13.4. The molecule has 1 aliphatic rings. The van der Waals surface area contributed by atoms with Crippen molar-refractivity contribution in [3.8, 4) is 0 Å². The van der Waals surface area contributed by atoms with E-state index >= 15 is 0 Å². The number of rotatable bonds is 4. The van der Waals surface area contributed by atoms with E-state index in [4.69, 9.17) is 4.74 Å². The quantitative estimate of drug-likeness (QED) is 0.645. The first-order valence-electron chi connectivity index (χ1n) is 6.00. The Balaban J connectivity index is 1.96. The van der Waals surface area contributed by atoms with Gasteiger partial charge in [-0.3, -0.25) is 19.8 Å². The Labute approximate surface area is 110 Å². The minimum absolute atomic E-state index is 0.0992. The predicted octanol–water partition coefficient (Wildman–Crippen LogP) is 0.865. The number of para-hydroxylation sites is 2. The number of nitrogens with one attached hydrogen (secondary N) is 1. The zero-order chi connectivity index (χ0) is 13.7. The fourth-order valence-electron chi connectivity index (χ4n) is 1.89. The third-order valence-electron chi connectivity index (χ3n) is 2.85. The number of nitro groups is 1. The Hall–Kier alpha value is -1.99. The molecule has 0 spiro atoms. The van der Waals surface area contributed by atoms with Crippen LogP contribution in [0.15, 0.2) is 24.3 Å². The van der Waals surface area contributed by atoms with E-state index in [1.54, 1.807) is 12.1 Å². The maximum Gasteiger partial charge on any atom is 0.292 e. The molecule has 0 aromatic heterocycles. The van der Waals surface area contributed by atoms with Crippen molar-refractivity contribution in [3.05, 3.63) is 34.4 Å². The molecule has 1 saturated heterocycles. The van der Waals surface area contributed by atoms with Gasteiger partial charge in [0.1, 0.15) is 5.69 Å². The van der Waals surface area contributed by atoms with Gasteiger partial charge in [-0.05, 0) is 6.07 Å². The van der Waals surface area contributed by atoms with Gasteiger partial charge < -0.3 is 10.1 Å². The molecule has 0 unspecified atom stereocenters. The van der Waals surface area contributed by atoms with Crippen LogP contribution < -0.4 is 5.32 Å². The van der Waals surface area contributed by atoms with Crippen LogP contribution in [0.25, 0.3) is 0 Å². The summed E-state index contributed by atoms with van der Waals surface area (Å²) in [6, 6.07) is 6.10. The van der Waals surface area contributed by atoms with Crippen LogP contribution in [-0.4, -0.2) is 48.6 Å². The molecular formula is C12H15N3O4. The molecule has 0 radical (unpaired) electrons. The van der Waals surface area contributed by atoms with E-state index in [1.165, 1.54) is 12.1 Å². The molecule has 1 amide bonds. The van der Waals surface area contributed by atoms with E-state index in [2.05, 4.69) is 5.32 Å². The summed E-state index contributed by atoms with van der Waals surface area (Å²) in [6.07, 6.45) is 0. The van der Waals surface area contributed by atoms with Crippen molar-refractivity contribution < 1.29 is 14.5 Å². The lowest BCUT2D eigenvalue weighted by molar-refractivity contribution is -0.383. The van der Waals surface area contributed by atoms with Gasteiger partial charge in [-0.25, -0.2) is 0 Å². The van der Waals surface area contributed by atoms with E-state index < -0.39 is 4.92 Å². The van der Waals surface area contributed by atoms with Crippen molar-refractivity contribution in [1.29, 1.82) is 0 Å². The number of benzene rings is 1. The Morgan fingerprint density at radius 2 is 2.05 bits per heavy atom. The molecule has 2 rings (SSSR count). The second-order valence-corrected chi connectivity index (χ2v) is 4.21. The highest BCUT2D eigenvalue weighted by Gasteiger charge is 2.17. The van der Waals surface area contributed by atoms with E-state index in [1.807, 2.05) is 4.90 Å². The predicted molar refractivity (Wildman–Crippen MR) is 69.0 cm³/mol. The van der Waals surface area contributed by atoms with Gasteiger partial charge in [-0.15, -0.1) is 0 Å². The fraction of sp³-hybridized carbons (Fsp3) is 0.417. The summed E-state index contributed by atoms with van der Waals surface area (Å²) in [5.41, 5.74) is 0.128. The van der Waals surface area contributed by atoms with Gasteiger partial charge in [0.05, 0.1) is 24.7 Å². The topological polar surface area (TPSA) is 84.7 Å². The Morgan fingerprint density at radius 1 is 1.37 bits per heavy atom. The molecule has 1 aromatic carbocycles. The highest BCUT2D eigenvalue weighted by atomic mass is 16.6. The standard InChI is InChI=1S/C12H15N3O4/c16-12(9-14-5-7-19-8-6-14)13-10-3-1-2-4-11(10)15(17)18/h1-4H,5-9H2,(H,13,16). The largest absolute Gasteiger partial charge is 0.379 e. The molecule has 1 heterocycles. The van der Waals surface area contributed by atoms with Gasteiger partial charge in [0, 0.05) is 19.2 Å². The second kappa shape index (κ2) is 6.26. The van der Waals surface area contributed by atoms with Crippen molar-refractivity contribution in [2.45, 2.75) is 0 Å². The summed E-state index contributed by atoms with van der Waals surface area (Å²) in [4.78, 5) is 24.1. The average Bonchev–Trinajstić information content (AvgIpc) is 2.40. The van der Waals surface area contributed by atoms with Crippen LogP contribution in [0.4, 0.5) is 11.4 Å². The minimum Gasteiger partial charge on any atom is -0.379 e. The van der Waals surface area contributed by atoms with Crippen LogP contribution in [0.1, 0.15) is 0 Å². The van der Waals surface area contributed by atoms with Crippen LogP contribution in [-0.2, 0) is 9.53 Å². The normalized spacial score (nSPS) is 16.0. The number of ether oxygens (including phenoxy) is 1. The molecule has 0 bridgehead atoms. The molecule has 7 nitrogen and oxygen atoms in total. The Morgan fingerprint density at radius 3 is 2.74 bits per heavy atom. The molecule has 0 saturated carbocycles. The first-order chi connectivity index (χ1) is 9.16. The Kier molecular flexibility index (Phi) is 4.43. The zero-order valence-electron chi connectivity index (χ0n) is 10.4. The van der Waals surface area contributed by atoms with Crippen molar-refractivity contribution in [2.24, 2.45) is 0 Å². The summed E-state index contributed by atoms with van der Waals surface area (Å²) >= 11 is 0. The third kappa shape index (κ3) is 3.73. The summed E-state index contributed by atoms with van der Waals surface area (Å²) in [6.45, 7) is 2.83. The number of morpholine rings is 1. The van der Waals surface area contributed by atoms with E-state index in [9.17, 15) is 14.9 Å². The van der Waals surface area contributed by atoms with Crippen LogP contribution in [0.5, 0.6) is 0 Å². The van der Waals surface area contributed by atoms with E-state index in [0.717, 1.165) is 0 Å². The van der Waals surface area contributed by atoms with Crippen molar-refractivity contribution >= 4 is 17.3 Å². The second-order valence-electron chi connectivity index (χ2n) is 4.21. The molecular weight excluding hydrogens is 250 g/mol. The van der Waals surface area contributed by atoms with Crippen molar-refractivity contribution in [2.75, 3.05) is 38.2 Å². The molecule has 1 fully saturated rings. The highest BCUT2D eigenvalue weighted by molar-refractivity contribution is 5.94. The molecule has 0 aliphatic carbocycles. The maximum atomic E-state index is 11.8. The van der Waals surface area contributed by atoms with Gasteiger partial charge >= 0.3 is 0 Å². The molecule has 0 atom stereocenters. The lowest BCUT2D eigenvalue weighted by atomic mass is 10.2. The number of amides is 1. The minimum atomic E-state index is -0.510. The number of nitrogens with zero attached hydrogens (tertiary/aromatic N) is 2. The van der Waals surface area contributed by atoms with Crippen LogP contribution >= 0.6 is 0 Å². The third-order valence-corrected chi connectivity index (χ3v) is 2.85. The van der Waals surface area contributed by atoms with Gasteiger partial charge in [-0.2, -0.15) is 0 Å². The van der Waals surface area contributed by atoms with Crippen LogP contribution in [0, 0.1) is 10.1 Å². The van der Waals surface area contributed by atoms with Gasteiger partial charge in [0.15, 0.2) is 0 Å². The van der Waals surface area contributed by atoms with E-state index in [0.29, 0.717) is 26.3 Å². The van der Waals surface area contributed by atoms with Gasteiger partial charge in [0.2, 0.25) is 5.91 Å². The van der Waals surface area contributed by atoms with Gasteiger partial charge in [-0.1, -0.05) is 12.1 Å².